The number of anilines is 2. The highest BCUT2D eigenvalue weighted by molar-refractivity contribution is 5.65. The quantitative estimate of drug-likeness (QED) is 0.809. The molecule has 3 heteroatoms. The van der Waals surface area contributed by atoms with E-state index in [0.717, 1.165) is 5.69 Å². The lowest BCUT2D eigenvalue weighted by Gasteiger charge is -2.10. The third-order valence-electron chi connectivity index (χ3n) is 2.46. The molecule has 2 rings (SSSR count). The molecular formula is C12H15N3. The Morgan fingerprint density at radius 3 is 2.40 bits per heavy atom. The molecule has 0 radical (unpaired) electrons. The summed E-state index contributed by atoms with van der Waals surface area (Å²) in [5, 5.41) is 7.50. The summed E-state index contributed by atoms with van der Waals surface area (Å²) in [5.74, 6) is 0. The van der Waals surface area contributed by atoms with Crippen molar-refractivity contribution in [1.82, 2.24) is 9.78 Å². The van der Waals surface area contributed by atoms with Crippen molar-refractivity contribution in [1.29, 1.82) is 0 Å². The first-order valence-corrected chi connectivity index (χ1v) is 4.98. The van der Waals surface area contributed by atoms with Crippen molar-refractivity contribution in [2.24, 2.45) is 7.05 Å². The first-order valence-electron chi connectivity index (χ1n) is 4.98. The van der Waals surface area contributed by atoms with E-state index in [1.807, 2.05) is 19.4 Å². The van der Waals surface area contributed by atoms with E-state index in [1.165, 1.54) is 16.8 Å². The SMILES string of the molecule is Cc1cccc(C)c1Nc1cnn(C)c1. The molecule has 0 fully saturated rings. The molecule has 0 aliphatic rings. The van der Waals surface area contributed by atoms with E-state index in [-0.39, 0.29) is 0 Å². The molecule has 1 aromatic heterocycles. The minimum atomic E-state index is 1.02. The molecule has 0 spiro atoms. The Bertz CT molecular complexity index is 451. The Kier molecular flexibility index (Phi) is 2.46. The van der Waals surface area contributed by atoms with Crippen molar-refractivity contribution >= 4 is 11.4 Å². The molecule has 0 amide bonds. The van der Waals surface area contributed by atoms with Crippen LogP contribution in [0.4, 0.5) is 11.4 Å². The molecule has 3 nitrogen and oxygen atoms in total. The summed E-state index contributed by atoms with van der Waals surface area (Å²) in [6.07, 6.45) is 3.79. The topological polar surface area (TPSA) is 29.9 Å². The third kappa shape index (κ3) is 2.01. The molecule has 0 saturated heterocycles. The Hall–Kier alpha value is -1.77. The summed E-state index contributed by atoms with van der Waals surface area (Å²) in [6.45, 7) is 4.21. The van der Waals surface area contributed by atoms with Crippen LogP contribution in [-0.2, 0) is 7.05 Å². The molecule has 1 aromatic carbocycles. The molecule has 1 heterocycles. The van der Waals surface area contributed by atoms with Crippen molar-refractivity contribution in [3.05, 3.63) is 41.7 Å². The van der Waals surface area contributed by atoms with E-state index in [0.29, 0.717) is 0 Å². The zero-order chi connectivity index (χ0) is 10.8. The normalized spacial score (nSPS) is 10.3. The predicted molar refractivity (Wildman–Crippen MR) is 62.4 cm³/mol. The smallest absolute Gasteiger partial charge is 0.0770 e. The Labute approximate surface area is 89.7 Å². The summed E-state index contributed by atoms with van der Waals surface area (Å²) in [7, 11) is 1.91. The van der Waals surface area contributed by atoms with Gasteiger partial charge in [0, 0.05) is 18.9 Å². The number of hydrogen-bond acceptors (Lipinski definition) is 2. The van der Waals surface area contributed by atoms with Crippen LogP contribution in [0, 0.1) is 13.8 Å². The van der Waals surface area contributed by atoms with Crippen LogP contribution in [0.2, 0.25) is 0 Å². The van der Waals surface area contributed by atoms with Gasteiger partial charge in [-0.25, -0.2) is 0 Å². The maximum Gasteiger partial charge on any atom is 0.0770 e. The monoisotopic (exact) mass is 201 g/mol. The van der Waals surface area contributed by atoms with E-state index in [1.54, 1.807) is 4.68 Å². The van der Waals surface area contributed by atoms with Crippen LogP contribution < -0.4 is 5.32 Å². The average molecular weight is 201 g/mol. The van der Waals surface area contributed by atoms with Crippen molar-refractivity contribution < 1.29 is 0 Å². The van der Waals surface area contributed by atoms with E-state index in [9.17, 15) is 0 Å². The molecule has 0 aliphatic carbocycles. The van der Waals surface area contributed by atoms with Gasteiger partial charge in [-0.05, 0) is 25.0 Å². The fourth-order valence-corrected chi connectivity index (χ4v) is 1.64. The van der Waals surface area contributed by atoms with Crippen LogP contribution >= 0.6 is 0 Å². The van der Waals surface area contributed by atoms with Gasteiger partial charge >= 0.3 is 0 Å². The van der Waals surface area contributed by atoms with Crippen molar-refractivity contribution in [3.63, 3.8) is 0 Å². The number of nitrogens with one attached hydrogen (secondary N) is 1. The highest BCUT2D eigenvalue weighted by Crippen LogP contribution is 2.23. The Balaban J connectivity index is 2.31. The number of para-hydroxylation sites is 1. The zero-order valence-electron chi connectivity index (χ0n) is 9.28. The Morgan fingerprint density at radius 1 is 1.20 bits per heavy atom. The molecule has 0 saturated carbocycles. The van der Waals surface area contributed by atoms with Crippen molar-refractivity contribution in [2.45, 2.75) is 13.8 Å². The second kappa shape index (κ2) is 3.77. The lowest BCUT2D eigenvalue weighted by atomic mass is 10.1. The van der Waals surface area contributed by atoms with Crippen LogP contribution in [-0.4, -0.2) is 9.78 Å². The van der Waals surface area contributed by atoms with Crippen LogP contribution in [0.5, 0.6) is 0 Å². The van der Waals surface area contributed by atoms with Gasteiger partial charge in [0.25, 0.3) is 0 Å². The summed E-state index contributed by atoms with van der Waals surface area (Å²) < 4.78 is 1.79. The highest BCUT2D eigenvalue weighted by Gasteiger charge is 2.02. The van der Waals surface area contributed by atoms with Crippen LogP contribution in [0.3, 0.4) is 0 Å². The first kappa shape index (κ1) is 9.77. The molecule has 1 N–H and O–H groups in total. The van der Waals surface area contributed by atoms with Crippen molar-refractivity contribution in [2.75, 3.05) is 5.32 Å². The molecular weight excluding hydrogens is 186 g/mol. The van der Waals surface area contributed by atoms with Crippen LogP contribution in [0.15, 0.2) is 30.6 Å². The fourth-order valence-electron chi connectivity index (χ4n) is 1.64. The van der Waals surface area contributed by atoms with Gasteiger partial charge in [0.1, 0.15) is 0 Å². The zero-order valence-corrected chi connectivity index (χ0v) is 9.28. The fraction of sp³-hybridized carbons (Fsp3) is 0.250. The predicted octanol–water partition coefficient (Wildman–Crippen LogP) is 2.78. The molecule has 0 bridgehead atoms. The van der Waals surface area contributed by atoms with Gasteiger partial charge in [-0.15, -0.1) is 0 Å². The van der Waals surface area contributed by atoms with E-state index >= 15 is 0 Å². The lowest BCUT2D eigenvalue weighted by molar-refractivity contribution is 0.768. The van der Waals surface area contributed by atoms with Gasteiger partial charge < -0.3 is 5.32 Å². The highest BCUT2D eigenvalue weighted by atomic mass is 15.3. The molecule has 0 atom stereocenters. The van der Waals surface area contributed by atoms with Gasteiger partial charge in [0.2, 0.25) is 0 Å². The largest absolute Gasteiger partial charge is 0.353 e. The summed E-state index contributed by atoms with van der Waals surface area (Å²) >= 11 is 0. The summed E-state index contributed by atoms with van der Waals surface area (Å²) in [6, 6.07) is 6.27. The second-order valence-corrected chi connectivity index (χ2v) is 3.79. The number of aromatic nitrogens is 2. The molecule has 0 unspecified atom stereocenters. The van der Waals surface area contributed by atoms with E-state index < -0.39 is 0 Å². The summed E-state index contributed by atoms with van der Waals surface area (Å²) in [5.41, 5.74) is 4.69. The number of benzene rings is 1. The van der Waals surface area contributed by atoms with Gasteiger partial charge in [-0.1, -0.05) is 18.2 Å². The van der Waals surface area contributed by atoms with Crippen LogP contribution in [0.25, 0.3) is 0 Å². The first-order chi connectivity index (χ1) is 7.16. The van der Waals surface area contributed by atoms with E-state index in [4.69, 9.17) is 0 Å². The third-order valence-corrected chi connectivity index (χ3v) is 2.46. The summed E-state index contributed by atoms with van der Waals surface area (Å²) in [4.78, 5) is 0. The van der Waals surface area contributed by atoms with Crippen LogP contribution in [0.1, 0.15) is 11.1 Å². The van der Waals surface area contributed by atoms with Gasteiger partial charge in [0.15, 0.2) is 0 Å². The molecule has 0 aliphatic heterocycles. The van der Waals surface area contributed by atoms with Gasteiger partial charge in [-0.3, -0.25) is 4.68 Å². The minimum absolute atomic E-state index is 1.02. The number of rotatable bonds is 2. The average Bonchev–Trinajstić information content (AvgIpc) is 2.58. The van der Waals surface area contributed by atoms with Gasteiger partial charge in [0.05, 0.1) is 11.9 Å². The number of hydrogen-bond donors (Lipinski definition) is 1. The molecule has 2 aromatic rings. The number of aryl methyl sites for hydroxylation is 3. The van der Waals surface area contributed by atoms with Gasteiger partial charge in [-0.2, -0.15) is 5.10 Å². The minimum Gasteiger partial charge on any atom is -0.353 e. The molecule has 15 heavy (non-hydrogen) atoms. The van der Waals surface area contributed by atoms with Crippen molar-refractivity contribution in [3.8, 4) is 0 Å². The Morgan fingerprint density at radius 2 is 1.87 bits per heavy atom. The second-order valence-electron chi connectivity index (χ2n) is 3.79. The number of nitrogens with zero attached hydrogens (tertiary/aromatic N) is 2. The maximum absolute atomic E-state index is 4.13. The standard InChI is InChI=1S/C12H15N3/c1-9-5-4-6-10(2)12(9)14-11-7-13-15(3)8-11/h4-8,14H,1-3H3. The van der Waals surface area contributed by atoms with E-state index in [2.05, 4.69) is 42.5 Å². The molecule has 78 valence electrons. The lowest BCUT2D eigenvalue weighted by Crippen LogP contribution is -1.94. The maximum atomic E-state index is 4.13.